The van der Waals surface area contributed by atoms with Crippen molar-refractivity contribution in [3.05, 3.63) is 0 Å². The van der Waals surface area contributed by atoms with Gasteiger partial charge in [-0.15, -0.1) is 0 Å². The highest BCUT2D eigenvalue weighted by Gasteiger charge is 2.84. The largest absolute Gasteiger partial charge is 0.327 e. The highest BCUT2D eigenvalue weighted by Crippen LogP contribution is 2.86. The van der Waals surface area contributed by atoms with E-state index in [2.05, 4.69) is 6.92 Å². The van der Waals surface area contributed by atoms with E-state index in [-0.39, 0.29) is 0 Å². The van der Waals surface area contributed by atoms with E-state index in [9.17, 15) is 0 Å². The fourth-order valence-electron chi connectivity index (χ4n) is 7.20. The summed E-state index contributed by atoms with van der Waals surface area (Å²) in [6, 6.07) is 0.593. The molecular weight excluding hydrogens is 158 g/mol. The highest BCUT2D eigenvalue weighted by atomic mass is 15.0. The molecule has 0 aromatic carbocycles. The zero-order chi connectivity index (χ0) is 8.53. The fourth-order valence-corrected chi connectivity index (χ4v) is 7.20. The molecule has 6 fully saturated rings. The van der Waals surface area contributed by atoms with Gasteiger partial charge in [0.15, 0.2) is 0 Å². The predicted octanol–water partition coefficient (Wildman–Crippen LogP) is 1.48. The van der Waals surface area contributed by atoms with Crippen LogP contribution in [0.2, 0.25) is 0 Å². The Morgan fingerprint density at radius 1 is 1.08 bits per heavy atom. The van der Waals surface area contributed by atoms with Crippen LogP contribution in [0.4, 0.5) is 0 Å². The van der Waals surface area contributed by atoms with Crippen molar-refractivity contribution in [3.8, 4) is 0 Å². The molecule has 13 heavy (non-hydrogen) atoms. The number of rotatable bonds is 0. The second-order valence-corrected chi connectivity index (χ2v) is 6.64. The van der Waals surface area contributed by atoms with Gasteiger partial charge in [-0.3, -0.25) is 0 Å². The lowest BCUT2D eigenvalue weighted by Crippen LogP contribution is -2.40. The Labute approximate surface area is 79.1 Å². The van der Waals surface area contributed by atoms with Crippen molar-refractivity contribution in [1.29, 1.82) is 0 Å². The van der Waals surface area contributed by atoms with Gasteiger partial charge in [-0.2, -0.15) is 0 Å². The average Bonchev–Trinajstić information content (AvgIpc) is 2.73. The minimum absolute atomic E-state index is 0.593. The van der Waals surface area contributed by atoms with Gasteiger partial charge in [0.2, 0.25) is 0 Å². The molecule has 1 nitrogen and oxygen atoms in total. The van der Waals surface area contributed by atoms with E-state index in [1.807, 2.05) is 0 Å². The van der Waals surface area contributed by atoms with Crippen LogP contribution in [0.1, 0.15) is 19.8 Å². The SMILES string of the molecule is CC12C3CC4C5CC(C(C53)[C@@H]1N)C42. The number of hydrogen-bond donors (Lipinski definition) is 1. The van der Waals surface area contributed by atoms with Gasteiger partial charge < -0.3 is 5.73 Å². The minimum Gasteiger partial charge on any atom is -0.327 e. The Kier molecular flexibility index (Phi) is 0.697. The molecule has 0 heterocycles. The first kappa shape index (κ1) is 6.44. The third kappa shape index (κ3) is 0.353. The Balaban J connectivity index is 1.90. The van der Waals surface area contributed by atoms with Gasteiger partial charge in [-0.1, -0.05) is 6.92 Å². The van der Waals surface area contributed by atoms with E-state index in [4.69, 9.17) is 5.73 Å². The Bertz CT molecular complexity index is 321. The van der Waals surface area contributed by atoms with E-state index >= 15 is 0 Å². The Morgan fingerprint density at radius 3 is 2.69 bits per heavy atom. The standard InChI is InChI=1S/C12H17N/c1-12-7-3-5-4-2-6(10(5)12)9(8(4)7)11(12)13/h4-11H,2-3,13H2,1H3/t4?,5?,6?,7?,8?,9?,10?,11-,12?/m0/s1. The summed E-state index contributed by atoms with van der Waals surface area (Å²) in [5.41, 5.74) is 7.08. The molecule has 6 saturated carbocycles. The summed E-state index contributed by atoms with van der Waals surface area (Å²) in [7, 11) is 0. The molecule has 6 rings (SSSR count). The summed E-state index contributed by atoms with van der Waals surface area (Å²) >= 11 is 0. The fraction of sp³-hybridized carbons (Fsp3) is 1.00. The predicted molar refractivity (Wildman–Crippen MR) is 49.7 cm³/mol. The highest BCUT2D eigenvalue weighted by molar-refractivity contribution is 5.33. The second-order valence-electron chi connectivity index (χ2n) is 6.64. The lowest BCUT2D eigenvalue weighted by atomic mass is 9.64. The lowest BCUT2D eigenvalue weighted by molar-refractivity contribution is 0.0672. The number of nitrogens with two attached hydrogens (primary N) is 1. The van der Waals surface area contributed by atoms with Crippen LogP contribution in [-0.4, -0.2) is 6.04 Å². The molecule has 0 amide bonds. The monoisotopic (exact) mass is 175 g/mol. The van der Waals surface area contributed by atoms with Crippen molar-refractivity contribution in [2.24, 2.45) is 52.6 Å². The molecule has 0 spiro atoms. The summed E-state index contributed by atoms with van der Waals surface area (Å²) in [5, 5.41) is 0. The van der Waals surface area contributed by atoms with E-state index < -0.39 is 0 Å². The summed E-state index contributed by atoms with van der Waals surface area (Å²) < 4.78 is 0. The van der Waals surface area contributed by atoms with Gasteiger partial charge >= 0.3 is 0 Å². The van der Waals surface area contributed by atoms with Gasteiger partial charge in [0.25, 0.3) is 0 Å². The molecule has 2 N–H and O–H groups in total. The van der Waals surface area contributed by atoms with Crippen molar-refractivity contribution < 1.29 is 0 Å². The van der Waals surface area contributed by atoms with Crippen LogP contribution in [0.5, 0.6) is 0 Å². The summed E-state index contributed by atoms with van der Waals surface area (Å²) in [6.07, 6.45) is 3.14. The van der Waals surface area contributed by atoms with Crippen LogP contribution in [0.25, 0.3) is 0 Å². The molecular formula is C12H17N. The van der Waals surface area contributed by atoms with Gasteiger partial charge in [-0.25, -0.2) is 0 Å². The first-order valence-electron chi connectivity index (χ1n) is 6.00. The van der Waals surface area contributed by atoms with E-state index in [0.29, 0.717) is 11.5 Å². The van der Waals surface area contributed by atoms with Crippen molar-refractivity contribution in [1.82, 2.24) is 0 Å². The van der Waals surface area contributed by atoms with Gasteiger partial charge in [0.05, 0.1) is 0 Å². The molecule has 0 aliphatic heterocycles. The third-order valence-corrected chi connectivity index (χ3v) is 7.09. The average molecular weight is 175 g/mol. The molecule has 6 bridgehead atoms. The Hall–Kier alpha value is -0.0400. The van der Waals surface area contributed by atoms with Crippen LogP contribution in [0.15, 0.2) is 0 Å². The molecule has 9 atom stereocenters. The van der Waals surface area contributed by atoms with Crippen molar-refractivity contribution in [2.75, 3.05) is 0 Å². The first-order valence-corrected chi connectivity index (χ1v) is 6.00. The van der Waals surface area contributed by atoms with Crippen molar-refractivity contribution >= 4 is 0 Å². The molecule has 6 aliphatic carbocycles. The van der Waals surface area contributed by atoms with E-state index in [1.54, 1.807) is 12.8 Å². The van der Waals surface area contributed by atoms with E-state index in [0.717, 1.165) is 41.4 Å². The molecule has 0 saturated heterocycles. The van der Waals surface area contributed by atoms with Crippen LogP contribution in [0, 0.1) is 46.8 Å². The van der Waals surface area contributed by atoms with Gasteiger partial charge in [0.1, 0.15) is 0 Å². The van der Waals surface area contributed by atoms with Crippen molar-refractivity contribution in [3.63, 3.8) is 0 Å². The van der Waals surface area contributed by atoms with E-state index in [1.165, 1.54) is 0 Å². The molecule has 0 radical (unpaired) electrons. The minimum atomic E-state index is 0.593. The first-order chi connectivity index (χ1) is 6.24. The van der Waals surface area contributed by atoms with Crippen LogP contribution >= 0.6 is 0 Å². The zero-order valence-corrected chi connectivity index (χ0v) is 8.11. The quantitative estimate of drug-likeness (QED) is 0.593. The van der Waals surface area contributed by atoms with Crippen LogP contribution in [-0.2, 0) is 0 Å². The summed E-state index contributed by atoms with van der Waals surface area (Å²) in [6.45, 7) is 2.53. The molecule has 0 aromatic rings. The van der Waals surface area contributed by atoms with Gasteiger partial charge in [0, 0.05) is 6.04 Å². The maximum Gasteiger partial charge on any atom is 0.0133 e. The summed E-state index contributed by atoms with van der Waals surface area (Å²) in [4.78, 5) is 0. The maximum atomic E-state index is 6.47. The molecule has 1 heteroatoms. The molecule has 8 unspecified atom stereocenters. The maximum absolute atomic E-state index is 6.47. The zero-order valence-electron chi connectivity index (χ0n) is 8.11. The van der Waals surface area contributed by atoms with Crippen LogP contribution in [0.3, 0.4) is 0 Å². The van der Waals surface area contributed by atoms with Gasteiger partial charge in [-0.05, 0) is 59.7 Å². The van der Waals surface area contributed by atoms with Crippen LogP contribution < -0.4 is 5.73 Å². The molecule has 6 aliphatic rings. The third-order valence-electron chi connectivity index (χ3n) is 7.09. The lowest BCUT2D eigenvalue weighted by Gasteiger charge is -2.40. The van der Waals surface area contributed by atoms with Crippen molar-refractivity contribution in [2.45, 2.75) is 25.8 Å². The topological polar surface area (TPSA) is 26.0 Å². The molecule has 70 valence electrons. The molecule has 0 aromatic heterocycles. The number of hydrogen-bond acceptors (Lipinski definition) is 1. The smallest absolute Gasteiger partial charge is 0.0133 e. The second kappa shape index (κ2) is 1.41. The Morgan fingerprint density at radius 2 is 1.92 bits per heavy atom. The normalized spacial score (nSPS) is 85.4. The summed E-state index contributed by atoms with van der Waals surface area (Å²) in [5.74, 6) is 7.57.